The van der Waals surface area contributed by atoms with E-state index in [1.165, 1.54) is 0 Å². The van der Waals surface area contributed by atoms with Gasteiger partial charge in [-0.2, -0.15) is 0 Å². The van der Waals surface area contributed by atoms with Crippen LogP contribution in [0.25, 0.3) is 5.52 Å². The lowest BCUT2D eigenvalue weighted by Crippen LogP contribution is -2.07. The van der Waals surface area contributed by atoms with Gasteiger partial charge in [0, 0.05) is 11.3 Å². The van der Waals surface area contributed by atoms with E-state index in [0.717, 1.165) is 4.88 Å². The molecule has 0 atom stereocenters. The quantitative estimate of drug-likeness (QED) is 0.805. The van der Waals surface area contributed by atoms with E-state index in [1.54, 1.807) is 33.9 Å². The number of carboxylic acids is 1. The molecule has 0 saturated heterocycles. The van der Waals surface area contributed by atoms with Crippen molar-refractivity contribution in [1.82, 2.24) is 9.38 Å². The predicted molar refractivity (Wildman–Crippen MR) is 74.3 cm³/mol. The molecule has 0 aliphatic carbocycles. The van der Waals surface area contributed by atoms with Crippen molar-refractivity contribution < 1.29 is 9.90 Å². The summed E-state index contributed by atoms with van der Waals surface area (Å²) in [5, 5.41) is 11.6. The van der Waals surface area contributed by atoms with E-state index in [2.05, 4.69) is 4.98 Å². The second kappa shape index (κ2) is 4.68. The lowest BCUT2D eigenvalue weighted by atomic mass is 10.3. The number of hydrogen-bond donors (Lipinski definition) is 1. The highest BCUT2D eigenvalue weighted by molar-refractivity contribution is 7.09. The fourth-order valence-electron chi connectivity index (χ4n) is 2.02. The molecule has 0 amide bonds. The van der Waals surface area contributed by atoms with Gasteiger partial charge in [-0.1, -0.05) is 23.7 Å². The van der Waals surface area contributed by atoms with Crippen LogP contribution in [0.5, 0.6) is 0 Å². The average molecular weight is 293 g/mol. The summed E-state index contributed by atoms with van der Waals surface area (Å²) >= 11 is 7.68. The van der Waals surface area contributed by atoms with Crippen LogP contribution in [0.3, 0.4) is 0 Å². The van der Waals surface area contributed by atoms with Gasteiger partial charge >= 0.3 is 5.97 Å². The molecule has 0 bridgehead atoms. The minimum absolute atomic E-state index is 0.170. The van der Waals surface area contributed by atoms with Crippen molar-refractivity contribution in [2.24, 2.45) is 0 Å². The van der Waals surface area contributed by atoms with Crippen LogP contribution in [0, 0.1) is 0 Å². The van der Waals surface area contributed by atoms with E-state index in [0.29, 0.717) is 22.9 Å². The summed E-state index contributed by atoms with van der Waals surface area (Å²) < 4.78 is 1.60. The first kappa shape index (κ1) is 12.2. The number of carbonyl (C=O) groups is 1. The van der Waals surface area contributed by atoms with E-state index in [9.17, 15) is 9.90 Å². The van der Waals surface area contributed by atoms with Crippen LogP contribution in [0.2, 0.25) is 5.15 Å². The zero-order valence-electron chi connectivity index (χ0n) is 9.71. The Morgan fingerprint density at radius 1 is 1.37 bits per heavy atom. The van der Waals surface area contributed by atoms with Crippen molar-refractivity contribution in [2.45, 2.75) is 6.42 Å². The fourth-order valence-corrected chi connectivity index (χ4v) is 2.97. The number of hydrogen-bond acceptors (Lipinski definition) is 3. The van der Waals surface area contributed by atoms with Crippen LogP contribution in [-0.2, 0) is 6.42 Å². The Morgan fingerprint density at radius 2 is 2.21 bits per heavy atom. The Morgan fingerprint density at radius 3 is 2.89 bits per heavy atom. The van der Waals surface area contributed by atoms with Gasteiger partial charge in [-0.3, -0.25) is 4.40 Å². The first-order valence-electron chi connectivity index (χ1n) is 5.58. The Hall–Kier alpha value is -1.85. The molecule has 0 aliphatic heterocycles. The third-order valence-corrected chi connectivity index (χ3v) is 3.97. The topological polar surface area (TPSA) is 54.6 Å². The number of aromatic nitrogens is 2. The maximum absolute atomic E-state index is 11.3. The maximum atomic E-state index is 11.3. The highest BCUT2D eigenvalue weighted by Crippen LogP contribution is 2.23. The molecule has 0 aliphatic rings. The Balaban J connectivity index is 2.21. The van der Waals surface area contributed by atoms with Gasteiger partial charge in [0.1, 0.15) is 11.5 Å². The summed E-state index contributed by atoms with van der Waals surface area (Å²) in [5.74, 6) is -0.354. The fraction of sp³-hybridized carbons (Fsp3) is 0.0769. The number of thiophene rings is 1. The summed E-state index contributed by atoms with van der Waals surface area (Å²) in [6.45, 7) is 0. The largest absolute Gasteiger partial charge is 0.477 e. The minimum atomic E-state index is -0.993. The highest BCUT2D eigenvalue weighted by Gasteiger charge is 2.16. The molecule has 0 fully saturated rings. The Kier molecular flexibility index (Phi) is 3.00. The van der Waals surface area contributed by atoms with E-state index in [-0.39, 0.29) is 5.69 Å². The van der Waals surface area contributed by atoms with Crippen LogP contribution in [0.4, 0.5) is 0 Å². The summed E-state index contributed by atoms with van der Waals surface area (Å²) in [4.78, 5) is 16.7. The average Bonchev–Trinajstić information content (AvgIpc) is 2.99. The molecule has 0 saturated carbocycles. The standard InChI is InChI=1S/C13H9ClN2O2S/c14-12-9-4-1-5-10(13(17)18)16(9)11(15-12)7-8-3-2-6-19-8/h1-6H,7H2,(H,17,18). The number of fused-ring (bicyclic) bond motifs is 1. The lowest BCUT2D eigenvalue weighted by Gasteiger charge is -2.04. The molecule has 96 valence electrons. The molecular weight excluding hydrogens is 284 g/mol. The lowest BCUT2D eigenvalue weighted by molar-refractivity contribution is 0.0688. The summed E-state index contributed by atoms with van der Waals surface area (Å²) in [5.41, 5.74) is 0.788. The molecule has 4 nitrogen and oxygen atoms in total. The SMILES string of the molecule is O=C(O)c1cccc2c(Cl)nc(Cc3cccs3)n12. The number of halogens is 1. The Bertz CT molecular complexity index is 749. The van der Waals surface area contributed by atoms with Crippen LogP contribution < -0.4 is 0 Å². The Labute approximate surface area is 117 Å². The van der Waals surface area contributed by atoms with Gasteiger partial charge in [-0.05, 0) is 23.6 Å². The highest BCUT2D eigenvalue weighted by atomic mass is 35.5. The van der Waals surface area contributed by atoms with Crippen molar-refractivity contribution in [3.05, 3.63) is 57.3 Å². The first-order valence-corrected chi connectivity index (χ1v) is 6.84. The smallest absolute Gasteiger partial charge is 0.352 e. The molecule has 0 radical (unpaired) electrons. The van der Waals surface area contributed by atoms with Gasteiger partial charge in [-0.15, -0.1) is 11.3 Å². The molecule has 1 N–H and O–H groups in total. The molecular formula is C13H9ClN2O2S. The van der Waals surface area contributed by atoms with Gasteiger partial charge in [-0.25, -0.2) is 9.78 Å². The molecule has 0 aromatic carbocycles. The van der Waals surface area contributed by atoms with E-state index in [1.807, 2.05) is 17.5 Å². The van der Waals surface area contributed by atoms with E-state index in [4.69, 9.17) is 11.6 Å². The molecule has 0 unspecified atom stereocenters. The van der Waals surface area contributed by atoms with Gasteiger partial charge in [0.2, 0.25) is 0 Å². The van der Waals surface area contributed by atoms with Gasteiger partial charge in [0.25, 0.3) is 0 Å². The van der Waals surface area contributed by atoms with Crippen molar-refractivity contribution in [3.63, 3.8) is 0 Å². The number of rotatable bonds is 3. The van der Waals surface area contributed by atoms with Crippen LogP contribution in [0.1, 0.15) is 21.2 Å². The third-order valence-electron chi connectivity index (χ3n) is 2.82. The van der Waals surface area contributed by atoms with Gasteiger partial charge in [0.15, 0.2) is 5.15 Å². The molecule has 3 aromatic rings. The molecule has 0 spiro atoms. The monoisotopic (exact) mass is 292 g/mol. The third kappa shape index (κ3) is 2.11. The predicted octanol–water partition coefficient (Wildman–Crippen LogP) is 3.34. The molecule has 3 aromatic heterocycles. The normalized spacial score (nSPS) is 11.0. The number of nitrogens with zero attached hydrogens (tertiary/aromatic N) is 2. The zero-order valence-corrected chi connectivity index (χ0v) is 11.3. The van der Waals surface area contributed by atoms with Crippen LogP contribution >= 0.6 is 22.9 Å². The molecule has 6 heteroatoms. The van der Waals surface area contributed by atoms with E-state index >= 15 is 0 Å². The molecule has 3 rings (SSSR count). The van der Waals surface area contributed by atoms with Gasteiger partial charge in [0.05, 0.1) is 5.52 Å². The zero-order chi connectivity index (χ0) is 13.4. The first-order chi connectivity index (χ1) is 9.16. The second-order valence-corrected chi connectivity index (χ2v) is 5.40. The maximum Gasteiger partial charge on any atom is 0.352 e. The molecule has 19 heavy (non-hydrogen) atoms. The number of aromatic carboxylic acids is 1. The van der Waals surface area contributed by atoms with Crippen LogP contribution in [0.15, 0.2) is 35.7 Å². The summed E-state index contributed by atoms with van der Waals surface area (Å²) in [6.07, 6.45) is 0.565. The number of pyridine rings is 1. The second-order valence-electron chi connectivity index (χ2n) is 4.01. The van der Waals surface area contributed by atoms with Crippen molar-refractivity contribution in [2.75, 3.05) is 0 Å². The molecule has 3 heterocycles. The van der Waals surface area contributed by atoms with E-state index < -0.39 is 5.97 Å². The van der Waals surface area contributed by atoms with Gasteiger partial charge < -0.3 is 5.11 Å². The van der Waals surface area contributed by atoms with Crippen LogP contribution in [-0.4, -0.2) is 20.5 Å². The van der Waals surface area contributed by atoms with Crippen molar-refractivity contribution in [3.8, 4) is 0 Å². The van der Waals surface area contributed by atoms with Crippen molar-refractivity contribution in [1.29, 1.82) is 0 Å². The van der Waals surface area contributed by atoms with Crippen molar-refractivity contribution >= 4 is 34.4 Å². The number of carboxylic acid groups (broad SMARTS) is 1. The minimum Gasteiger partial charge on any atom is -0.477 e. The summed E-state index contributed by atoms with van der Waals surface area (Å²) in [6, 6.07) is 8.92. The summed E-state index contributed by atoms with van der Waals surface area (Å²) in [7, 11) is 0. The number of imidazole rings is 1.